The van der Waals surface area contributed by atoms with E-state index in [1.807, 2.05) is 12.1 Å². The maximum Gasteiger partial charge on any atom is 0.251 e. The lowest BCUT2D eigenvalue weighted by Crippen LogP contribution is -2.47. The van der Waals surface area contributed by atoms with Gasteiger partial charge in [-0.3, -0.25) is 23.9 Å². The Bertz CT molecular complexity index is 1240. The van der Waals surface area contributed by atoms with Crippen molar-refractivity contribution in [3.63, 3.8) is 0 Å². The van der Waals surface area contributed by atoms with E-state index >= 15 is 0 Å². The van der Waals surface area contributed by atoms with E-state index in [2.05, 4.69) is 20.4 Å². The van der Waals surface area contributed by atoms with Gasteiger partial charge in [0.25, 0.3) is 5.91 Å². The normalized spacial score (nSPS) is 21.8. The Morgan fingerprint density at radius 2 is 2.06 bits per heavy atom. The molecular formula is C26H33FN4O4S. The van der Waals surface area contributed by atoms with E-state index < -0.39 is 10.6 Å². The predicted octanol–water partition coefficient (Wildman–Crippen LogP) is 4.73. The van der Waals surface area contributed by atoms with Gasteiger partial charge in [-0.25, -0.2) is 4.39 Å². The molecule has 0 saturated carbocycles. The molecule has 8 nitrogen and oxygen atoms in total. The highest BCUT2D eigenvalue weighted by molar-refractivity contribution is 8.24. The molecule has 0 bridgehead atoms. The first kappa shape index (κ1) is 25.0. The molecule has 1 amide bonds. The number of nitrogens with zero attached hydrogens (tertiary/aromatic N) is 2. The van der Waals surface area contributed by atoms with Gasteiger partial charge in [-0.1, -0.05) is 6.07 Å². The van der Waals surface area contributed by atoms with E-state index in [4.69, 9.17) is 4.74 Å². The maximum absolute atomic E-state index is 14.4. The first-order chi connectivity index (χ1) is 17.3. The third-order valence-corrected chi connectivity index (χ3v) is 9.12. The Labute approximate surface area is 211 Å². The molecule has 2 aliphatic heterocycles. The minimum Gasteiger partial charge on any atom is -0.496 e. The van der Waals surface area contributed by atoms with Gasteiger partial charge < -0.3 is 10.1 Å². The van der Waals surface area contributed by atoms with Crippen LogP contribution in [0.25, 0.3) is 10.9 Å². The summed E-state index contributed by atoms with van der Waals surface area (Å²) < 4.78 is 39.7. The third kappa shape index (κ3) is 5.36. The van der Waals surface area contributed by atoms with Crippen molar-refractivity contribution >= 4 is 27.4 Å². The summed E-state index contributed by atoms with van der Waals surface area (Å²) in [5, 5.41) is 11.6. The minimum absolute atomic E-state index is 0.0351. The highest BCUT2D eigenvalue weighted by Crippen LogP contribution is 2.48. The summed E-state index contributed by atoms with van der Waals surface area (Å²) >= 11 is 0. The number of nitrogens with one attached hydrogen (secondary N) is 2. The van der Waals surface area contributed by atoms with Gasteiger partial charge in [0.15, 0.2) is 0 Å². The van der Waals surface area contributed by atoms with E-state index in [1.165, 1.54) is 6.07 Å². The zero-order valence-corrected chi connectivity index (χ0v) is 21.2. The molecule has 0 aliphatic carbocycles. The van der Waals surface area contributed by atoms with E-state index in [9.17, 15) is 18.3 Å². The number of rotatable bonds is 6. The second-order valence-electron chi connectivity index (χ2n) is 9.82. The molecule has 1 aromatic heterocycles. The van der Waals surface area contributed by atoms with E-state index in [0.29, 0.717) is 54.3 Å². The number of aromatic amines is 1. The van der Waals surface area contributed by atoms with Gasteiger partial charge in [0.1, 0.15) is 11.6 Å². The van der Waals surface area contributed by atoms with Crippen molar-refractivity contribution < 1.29 is 23.0 Å². The zero-order chi connectivity index (χ0) is 25.3. The highest BCUT2D eigenvalue weighted by atomic mass is 32.3. The van der Waals surface area contributed by atoms with E-state index in [0.717, 1.165) is 36.0 Å². The van der Waals surface area contributed by atoms with Crippen LogP contribution in [0.3, 0.4) is 0 Å². The van der Waals surface area contributed by atoms with Crippen LogP contribution in [0.1, 0.15) is 53.2 Å². The summed E-state index contributed by atoms with van der Waals surface area (Å²) in [7, 11) is -0.920. The first-order valence-corrected chi connectivity index (χ1v) is 14.3. The number of methoxy groups -OCH3 is 1. The number of likely N-dealkylation sites (tertiary alicyclic amines) is 1. The Kier molecular flexibility index (Phi) is 7.21. The topological polar surface area (TPSA) is 111 Å². The van der Waals surface area contributed by atoms with Crippen LogP contribution in [0.15, 0.2) is 36.4 Å². The summed E-state index contributed by atoms with van der Waals surface area (Å²) in [6.45, 7) is 1.90. The molecule has 36 heavy (non-hydrogen) atoms. The monoisotopic (exact) mass is 516 g/mol. The van der Waals surface area contributed by atoms with Crippen LogP contribution in [0.5, 0.6) is 5.75 Å². The summed E-state index contributed by atoms with van der Waals surface area (Å²) in [4.78, 5) is 15.3. The van der Waals surface area contributed by atoms with Crippen molar-refractivity contribution in [2.45, 2.75) is 44.2 Å². The molecule has 2 aromatic carbocycles. The molecule has 0 radical (unpaired) electrons. The molecule has 2 saturated heterocycles. The quantitative estimate of drug-likeness (QED) is 0.377. The van der Waals surface area contributed by atoms with E-state index in [-0.39, 0.29) is 23.7 Å². The molecule has 3 aromatic rings. The molecule has 10 heteroatoms. The molecule has 2 fully saturated rings. The van der Waals surface area contributed by atoms with Gasteiger partial charge in [-0.05, 0) is 62.6 Å². The minimum atomic E-state index is -2.46. The van der Waals surface area contributed by atoms with Crippen LogP contribution >= 0.6 is 10.6 Å². The number of aromatic nitrogens is 2. The van der Waals surface area contributed by atoms with Crippen LogP contribution < -0.4 is 10.1 Å². The lowest BCUT2D eigenvalue weighted by molar-refractivity contribution is 0.0899. The Hall–Kier alpha value is -2.66. The molecule has 4 N–H and O–H groups in total. The van der Waals surface area contributed by atoms with Gasteiger partial charge in [0, 0.05) is 53.1 Å². The number of fused-ring (bicyclic) bond motifs is 1. The predicted molar refractivity (Wildman–Crippen MR) is 139 cm³/mol. The summed E-state index contributed by atoms with van der Waals surface area (Å²) in [6.07, 6.45) is 3.12. The molecule has 194 valence electrons. The van der Waals surface area contributed by atoms with Crippen molar-refractivity contribution in [1.82, 2.24) is 20.4 Å². The fourth-order valence-electron chi connectivity index (χ4n) is 5.36. The number of H-pyrrole nitrogens is 1. The zero-order valence-electron chi connectivity index (χ0n) is 20.4. The largest absolute Gasteiger partial charge is 0.496 e. The number of hydrogen-bond donors (Lipinski definition) is 4. The van der Waals surface area contributed by atoms with Crippen molar-refractivity contribution in [3.8, 4) is 5.75 Å². The lowest BCUT2D eigenvalue weighted by Gasteiger charge is -2.38. The van der Waals surface area contributed by atoms with Gasteiger partial charge in [-0.2, -0.15) is 15.7 Å². The van der Waals surface area contributed by atoms with Crippen LogP contribution in [0, 0.1) is 5.82 Å². The van der Waals surface area contributed by atoms with E-state index in [1.54, 1.807) is 25.3 Å². The number of piperidine rings is 1. The first-order valence-electron chi connectivity index (χ1n) is 12.4. The van der Waals surface area contributed by atoms with Crippen molar-refractivity contribution in [1.29, 1.82) is 0 Å². The third-order valence-electron chi connectivity index (χ3n) is 7.35. The number of hydrogen-bond acceptors (Lipinski definition) is 6. The number of amides is 1. The standard InChI is InChI=1S/C26H33FN4O4S/c1-35-24-6-2-5-22(27)21(24)16-31-11-3-4-19(15-31)28-26(32)18-7-8-23-20(14-18)25(30-29-23)17-9-12-36(33,34)13-10-17/h2,5-8,14,17,19,33-34H,3-4,9-13,15-16H2,1H3,(H,28,32)(H,29,30)/t19-/m1/s1. The van der Waals surface area contributed by atoms with Crippen LogP contribution in [-0.2, 0) is 6.54 Å². The van der Waals surface area contributed by atoms with Gasteiger partial charge in [0.05, 0.1) is 18.3 Å². The number of benzene rings is 2. The SMILES string of the molecule is COc1cccc(F)c1CN1CCC[C@@H](NC(=O)c2ccc3[nH]nc(C4CCS(O)(O)CC4)c3c2)C1. The second-order valence-corrected chi connectivity index (χ2v) is 12.2. The van der Waals surface area contributed by atoms with Crippen molar-refractivity contribution in [2.24, 2.45) is 0 Å². The summed E-state index contributed by atoms with van der Waals surface area (Å²) in [5.74, 6) is 1.03. The fourth-order valence-corrected chi connectivity index (χ4v) is 6.89. The lowest BCUT2D eigenvalue weighted by atomic mass is 9.95. The van der Waals surface area contributed by atoms with Gasteiger partial charge in [0.2, 0.25) is 0 Å². The molecule has 0 spiro atoms. The highest BCUT2D eigenvalue weighted by Gasteiger charge is 2.28. The Morgan fingerprint density at radius 1 is 1.25 bits per heavy atom. The summed E-state index contributed by atoms with van der Waals surface area (Å²) in [5.41, 5.74) is 2.85. The van der Waals surface area contributed by atoms with Crippen LogP contribution in [0.2, 0.25) is 0 Å². The molecule has 1 atom stereocenters. The Morgan fingerprint density at radius 3 is 2.83 bits per heavy atom. The molecule has 5 rings (SSSR count). The van der Waals surface area contributed by atoms with Crippen molar-refractivity contribution in [3.05, 3.63) is 59.0 Å². The average Bonchev–Trinajstić information content (AvgIpc) is 3.29. The average molecular weight is 517 g/mol. The molecule has 2 aliphatic rings. The maximum atomic E-state index is 14.4. The Balaban J connectivity index is 1.26. The molecular weight excluding hydrogens is 483 g/mol. The van der Waals surface area contributed by atoms with Crippen LogP contribution in [-0.4, -0.2) is 67.9 Å². The number of carbonyl (C=O) groups is 1. The van der Waals surface area contributed by atoms with Gasteiger partial charge in [-0.15, -0.1) is 0 Å². The number of ether oxygens (including phenoxy) is 1. The smallest absolute Gasteiger partial charge is 0.251 e. The summed E-state index contributed by atoms with van der Waals surface area (Å²) in [6, 6.07) is 10.4. The fraction of sp³-hybridized carbons (Fsp3) is 0.462. The van der Waals surface area contributed by atoms with Crippen LogP contribution in [0.4, 0.5) is 4.39 Å². The van der Waals surface area contributed by atoms with Gasteiger partial charge >= 0.3 is 0 Å². The van der Waals surface area contributed by atoms with Crippen molar-refractivity contribution in [2.75, 3.05) is 31.7 Å². The number of carbonyl (C=O) groups excluding carboxylic acids is 1. The molecule has 3 heterocycles. The molecule has 0 unspecified atom stereocenters. The number of halogens is 1. The second kappa shape index (κ2) is 10.4.